The number of aryl methyl sites for hydroxylation is 1. The topological polar surface area (TPSA) is 51.0 Å². The molecule has 0 aliphatic rings. The molecule has 0 aliphatic heterocycles. The van der Waals surface area contributed by atoms with Crippen molar-refractivity contribution >= 4 is 0 Å². The molecule has 0 aliphatic carbocycles. The Kier molecular flexibility index (Phi) is 4.73. The van der Waals surface area contributed by atoms with E-state index in [2.05, 4.69) is 36.2 Å². The molecule has 4 nitrogen and oxygen atoms in total. The van der Waals surface area contributed by atoms with Gasteiger partial charge in [-0.05, 0) is 50.6 Å². The van der Waals surface area contributed by atoms with E-state index >= 15 is 0 Å². The van der Waals surface area contributed by atoms with E-state index in [1.54, 1.807) is 19.1 Å². The van der Waals surface area contributed by atoms with Gasteiger partial charge < -0.3 is 9.84 Å². The van der Waals surface area contributed by atoms with Crippen LogP contribution >= 0.6 is 0 Å². The predicted octanol–water partition coefficient (Wildman–Crippen LogP) is 3.53. The molecular weight excluding hydrogens is 269 g/mol. The summed E-state index contributed by atoms with van der Waals surface area (Å²) in [6.45, 7) is 8.07. The summed E-state index contributed by atoms with van der Waals surface area (Å²) in [5, 5.41) is 7.27. The van der Waals surface area contributed by atoms with Crippen LogP contribution in [0.3, 0.4) is 0 Å². The maximum absolute atomic E-state index is 13.3. The van der Waals surface area contributed by atoms with Crippen LogP contribution in [0.15, 0.2) is 22.7 Å². The van der Waals surface area contributed by atoms with Gasteiger partial charge in [0.15, 0.2) is 0 Å². The third-order valence-electron chi connectivity index (χ3n) is 3.86. The van der Waals surface area contributed by atoms with Gasteiger partial charge in [-0.25, -0.2) is 4.39 Å². The number of hydrogen-bond donors (Lipinski definition) is 1. The van der Waals surface area contributed by atoms with Gasteiger partial charge in [0.05, 0.1) is 5.92 Å². The van der Waals surface area contributed by atoms with E-state index in [4.69, 9.17) is 4.52 Å². The lowest BCUT2D eigenvalue weighted by Crippen LogP contribution is -2.32. The number of likely N-dealkylation sites (N-methyl/N-ethyl adjacent to an activating group) is 1. The summed E-state index contributed by atoms with van der Waals surface area (Å²) in [4.78, 5) is 4.50. The molecule has 114 valence electrons. The molecule has 0 radical (unpaired) electrons. The van der Waals surface area contributed by atoms with E-state index in [0.717, 1.165) is 5.56 Å². The summed E-state index contributed by atoms with van der Waals surface area (Å²) >= 11 is 0. The molecule has 21 heavy (non-hydrogen) atoms. The Bertz CT molecular complexity index is 609. The smallest absolute Gasteiger partial charge is 0.231 e. The monoisotopic (exact) mass is 291 g/mol. The highest BCUT2D eigenvalue weighted by Gasteiger charge is 2.27. The van der Waals surface area contributed by atoms with Gasteiger partial charge in [0.25, 0.3) is 0 Å². The van der Waals surface area contributed by atoms with Gasteiger partial charge in [-0.15, -0.1) is 0 Å². The van der Waals surface area contributed by atoms with E-state index in [9.17, 15) is 4.39 Å². The molecule has 2 unspecified atom stereocenters. The SMILES string of the molecule is CNC(C)C(c1nc(-c2ccc(F)c(C)c2)no1)C(C)C. The molecule has 2 atom stereocenters. The molecule has 0 spiro atoms. The summed E-state index contributed by atoms with van der Waals surface area (Å²) in [5.41, 5.74) is 1.34. The highest BCUT2D eigenvalue weighted by molar-refractivity contribution is 5.55. The summed E-state index contributed by atoms with van der Waals surface area (Å²) < 4.78 is 18.8. The minimum atomic E-state index is -0.230. The Morgan fingerprint density at radius 2 is 1.95 bits per heavy atom. The average Bonchev–Trinajstić information content (AvgIpc) is 2.90. The van der Waals surface area contributed by atoms with Gasteiger partial charge in [0, 0.05) is 11.6 Å². The number of halogens is 1. The molecule has 1 N–H and O–H groups in total. The summed E-state index contributed by atoms with van der Waals surface area (Å²) in [5.74, 6) is 1.39. The van der Waals surface area contributed by atoms with Gasteiger partial charge in [-0.1, -0.05) is 19.0 Å². The van der Waals surface area contributed by atoms with Crippen LogP contribution < -0.4 is 5.32 Å². The number of hydrogen-bond acceptors (Lipinski definition) is 4. The van der Waals surface area contributed by atoms with Crippen molar-refractivity contribution in [3.8, 4) is 11.4 Å². The minimum Gasteiger partial charge on any atom is -0.339 e. The largest absolute Gasteiger partial charge is 0.339 e. The first-order valence-corrected chi connectivity index (χ1v) is 7.21. The Morgan fingerprint density at radius 1 is 1.24 bits per heavy atom. The zero-order valence-corrected chi connectivity index (χ0v) is 13.1. The van der Waals surface area contributed by atoms with Crippen molar-refractivity contribution in [3.63, 3.8) is 0 Å². The number of aromatic nitrogens is 2. The van der Waals surface area contributed by atoms with Crippen LogP contribution in [0, 0.1) is 18.7 Å². The second-order valence-corrected chi connectivity index (χ2v) is 5.77. The third-order valence-corrected chi connectivity index (χ3v) is 3.86. The molecule has 5 heteroatoms. The van der Waals surface area contributed by atoms with Crippen LogP contribution in [0.1, 0.15) is 38.1 Å². The second kappa shape index (κ2) is 6.35. The zero-order valence-electron chi connectivity index (χ0n) is 13.1. The number of benzene rings is 1. The lowest BCUT2D eigenvalue weighted by atomic mass is 9.89. The molecule has 1 aromatic heterocycles. The molecule has 1 aromatic carbocycles. The fourth-order valence-corrected chi connectivity index (χ4v) is 2.53. The van der Waals surface area contributed by atoms with E-state index in [1.807, 2.05) is 7.05 Å². The highest BCUT2D eigenvalue weighted by Crippen LogP contribution is 2.28. The Morgan fingerprint density at radius 3 is 2.52 bits per heavy atom. The van der Waals surface area contributed by atoms with E-state index in [1.165, 1.54) is 6.07 Å². The Balaban J connectivity index is 2.33. The van der Waals surface area contributed by atoms with Crippen molar-refractivity contribution in [1.82, 2.24) is 15.5 Å². The van der Waals surface area contributed by atoms with Gasteiger partial charge in [0.1, 0.15) is 5.82 Å². The van der Waals surface area contributed by atoms with Gasteiger partial charge >= 0.3 is 0 Å². The highest BCUT2D eigenvalue weighted by atomic mass is 19.1. The normalized spacial score (nSPS) is 14.4. The van der Waals surface area contributed by atoms with Crippen molar-refractivity contribution < 1.29 is 8.91 Å². The maximum Gasteiger partial charge on any atom is 0.231 e. The molecule has 1 heterocycles. The zero-order chi connectivity index (χ0) is 15.6. The fourth-order valence-electron chi connectivity index (χ4n) is 2.53. The first kappa shape index (κ1) is 15.6. The van der Waals surface area contributed by atoms with E-state index in [0.29, 0.717) is 23.2 Å². The molecule has 0 saturated carbocycles. The molecule has 0 amide bonds. The van der Waals surface area contributed by atoms with E-state index < -0.39 is 0 Å². The van der Waals surface area contributed by atoms with Gasteiger partial charge in [-0.2, -0.15) is 4.98 Å². The standard InChI is InChI=1S/C16H22FN3O/c1-9(2)14(11(4)18-5)16-19-15(20-21-16)12-6-7-13(17)10(3)8-12/h6-9,11,14,18H,1-5H3. The summed E-state index contributed by atoms with van der Waals surface area (Å²) in [7, 11) is 1.92. The quantitative estimate of drug-likeness (QED) is 0.915. The first-order chi connectivity index (χ1) is 9.93. The fraction of sp³-hybridized carbons (Fsp3) is 0.500. The summed E-state index contributed by atoms with van der Waals surface area (Å²) in [6, 6.07) is 5.06. The van der Waals surface area contributed by atoms with Crippen LogP contribution in [0.25, 0.3) is 11.4 Å². The van der Waals surface area contributed by atoms with Gasteiger partial charge in [-0.3, -0.25) is 0 Å². The predicted molar refractivity (Wildman–Crippen MR) is 80.5 cm³/mol. The molecule has 0 bridgehead atoms. The average molecular weight is 291 g/mol. The molecule has 2 aromatic rings. The van der Waals surface area contributed by atoms with Gasteiger partial charge in [0.2, 0.25) is 11.7 Å². The van der Waals surface area contributed by atoms with Crippen molar-refractivity contribution in [2.75, 3.05) is 7.05 Å². The molecule has 2 rings (SSSR count). The molecule has 0 saturated heterocycles. The summed E-state index contributed by atoms with van der Waals surface area (Å²) in [6.07, 6.45) is 0. The second-order valence-electron chi connectivity index (χ2n) is 5.77. The van der Waals surface area contributed by atoms with Crippen LogP contribution in [0.2, 0.25) is 0 Å². The van der Waals surface area contributed by atoms with Crippen molar-refractivity contribution in [2.24, 2.45) is 5.92 Å². The van der Waals surface area contributed by atoms with Crippen molar-refractivity contribution in [1.29, 1.82) is 0 Å². The van der Waals surface area contributed by atoms with Crippen molar-refractivity contribution in [3.05, 3.63) is 35.5 Å². The lowest BCUT2D eigenvalue weighted by molar-refractivity contribution is 0.286. The van der Waals surface area contributed by atoms with Crippen LogP contribution in [0.5, 0.6) is 0 Å². The third kappa shape index (κ3) is 3.29. The molecular formula is C16H22FN3O. The maximum atomic E-state index is 13.3. The van der Waals surface area contributed by atoms with Crippen molar-refractivity contribution in [2.45, 2.75) is 39.7 Å². The van der Waals surface area contributed by atoms with E-state index in [-0.39, 0.29) is 17.8 Å². The number of nitrogens with zero attached hydrogens (tertiary/aromatic N) is 2. The van der Waals surface area contributed by atoms with Crippen LogP contribution in [0.4, 0.5) is 4.39 Å². The lowest BCUT2D eigenvalue weighted by Gasteiger charge is -2.23. The first-order valence-electron chi connectivity index (χ1n) is 7.21. The minimum absolute atomic E-state index is 0.137. The Hall–Kier alpha value is -1.75. The Labute approximate surface area is 124 Å². The van der Waals surface area contributed by atoms with Crippen LogP contribution in [-0.4, -0.2) is 23.2 Å². The van der Waals surface area contributed by atoms with Crippen LogP contribution in [-0.2, 0) is 0 Å². The number of nitrogens with one attached hydrogen (secondary N) is 1. The number of rotatable bonds is 5. The molecule has 0 fully saturated rings.